The van der Waals surface area contributed by atoms with Gasteiger partial charge < -0.3 is 16.0 Å². The summed E-state index contributed by atoms with van der Waals surface area (Å²) in [5.74, 6) is 1.17. The molecule has 0 bridgehead atoms. The SMILES string of the molecule is Nc1ccc(-c2nc3c(N)ncnc3n2Cc2ccccc2)cc1. The molecular weight excluding hydrogens is 300 g/mol. The summed E-state index contributed by atoms with van der Waals surface area (Å²) < 4.78 is 2.05. The maximum atomic E-state index is 5.99. The highest BCUT2D eigenvalue weighted by Crippen LogP contribution is 2.27. The predicted octanol–water partition coefficient (Wildman–Crippen LogP) is 2.71. The Morgan fingerprint density at radius 1 is 0.875 bits per heavy atom. The smallest absolute Gasteiger partial charge is 0.166 e. The van der Waals surface area contributed by atoms with E-state index in [1.807, 2.05) is 47.0 Å². The van der Waals surface area contributed by atoms with Gasteiger partial charge in [-0.15, -0.1) is 0 Å². The van der Waals surface area contributed by atoms with Gasteiger partial charge in [-0.3, -0.25) is 0 Å². The Labute approximate surface area is 138 Å². The van der Waals surface area contributed by atoms with Gasteiger partial charge in [-0.1, -0.05) is 30.3 Å². The molecule has 6 nitrogen and oxygen atoms in total. The molecule has 2 aromatic heterocycles. The van der Waals surface area contributed by atoms with E-state index in [9.17, 15) is 0 Å². The van der Waals surface area contributed by atoms with Gasteiger partial charge in [0.05, 0.1) is 6.54 Å². The zero-order chi connectivity index (χ0) is 16.5. The van der Waals surface area contributed by atoms with Gasteiger partial charge >= 0.3 is 0 Å². The number of rotatable bonds is 3. The highest BCUT2D eigenvalue weighted by Gasteiger charge is 2.16. The summed E-state index contributed by atoms with van der Waals surface area (Å²) in [6, 6.07) is 17.8. The first-order valence-electron chi connectivity index (χ1n) is 7.59. The van der Waals surface area contributed by atoms with E-state index in [4.69, 9.17) is 11.5 Å². The molecule has 0 amide bonds. The molecule has 0 saturated carbocycles. The van der Waals surface area contributed by atoms with Crippen molar-refractivity contribution in [1.29, 1.82) is 0 Å². The minimum absolute atomic E-state index is 0.378. The van der Waals surface area contributed by atoms with Crippen LogP contribution in [0.1, 0.15) is 5.56 Å². The highest BCUT2D eigenvalue weighted by atomic mass is 15.2. The summed E-state index contributed by atoms with van der Waals surface area (Å²) >= 11 is 0. The monoisotopic (exact) mass is 316 g/mol. The molecule has 24 heavy (non-hydrogen) atoms. The number of nitrogen functional groups attached to an aromatic ring is 2. The minimum atomic E-state index is 0.378. The number of aromatic nitrogens is 4. The molecule has 0 aliphatic rings. The van der Waals surface area contributed by atoms with Crippen molar-refractivity contribution >= 4 is 22.7 Å². The number of anilines is 2. The Morgan fingerprint density at radius 3 is 2.38 bits per heavy atom. The fourth-order valence-electron chi connectivity index (χ4n) is 2.72. The lowest BCUT2D eigenvalue weighted by atomic mass is 10.2. The molecule has 0 spiro atoms. The van der Waals surface area contributed by atoms with Gasteiger partial charge in [0.1, 0.15) is 12.2 Å². The Morgan fingerprint density at radius 2 is 1.62 bits per heavy atom. The molecule has 0 aliphatic carbocycles. The van der Waals surface area contributed by atoms with E-state index in [-0.39, 0.29) is 0 Å². The Bertz CT molecular complexity index is 989. The summed E-state index contributed by atoms with van der Waals surface area (Å²) in [4.78, 5) is 13.1. The molecule has 2 aromatic carbocycles. The minimum Gasteiger partial charge on any atom is -0.399 e. The summed E-state index contributed by atoms with van der Waals surface area (Å²) in [5, 5.41) is 0. The molecular formula is C18H16N6. The van der Waals surface area contributed by atoms with Crippen molar-refractivity contribution in [3.63, 3.8) is 0 Å². The fourth-order valence-corrected chi connectivity index (χ4v) is 2.72. The largest absolute Gasteiger partial charge is 0.399 e. The topological polar surface area (TPSA) is 95.6 Å². The maximum Gasteiger partial charge on any atom is 0.166 e. The zero-order valence-corrected chi connectivity index (χ0v) is 12.9. The summed E-state index contributed by atoms with van der Waals surface area (Å²) in [5.41, 5.74) is 15.9. The van der Waals surface area contributed by atoms with Crippen molar-refractivity contribution in [2.45, 2.75) is 6.54 Å². The molecule has 4 rings (SSSR count). The molecule has 118 valence electrons. The first-order valence-corrected chi connectivity index (χ1v) is 7.59. The molecule has 0 aliphatic heterocycles. The molecule has 2 heterocycles. The van der Waals surface area contributed by atoms with Gasteiger partial charge in [0, 0.05) is 11.3 Å². The Hall–Kier alpha value is -3.41. The molecule has 6 heteroatoms. The Kier molecular flexibility index (Phi) is 3.35. The quantitative estimate of drug-likeness (QED) is 0.567. The van der Waals surface area contributed by atoms with Crippen LogP contribution < -0.4 is 11.5 Å². The molecule has 0 fully saturated rings. The van der Waals surface area contributed by atoms with Gasteiger partial charge in [-0.05, 0) is 29.8 Å². The number of benzene rings is 2. The van der Waals surface area contributed by atoms with E-state index in [1.54, 1.807) is 0 Å². The average molecular weight is 316 g/mol. The third kappa shape index (κ3) is 2.44. The number of nitrogens with two attached hydrogens (primary N) is 2. The van der Waals surface area contributed by atoms with E-state index in [0.29, 0.717) is 23.6 Å². The van der Waals surface area contributed by atoms with Crippen molar-refractivity contribution < 1.29 is 0 Å². The van der Waals surface area contributed by atoms with Crippen molar-refractivity contribution in [3.05, 3.63) is 66.5 Å². The van der Waals surface area contributed by atoms with E-state index in [0.717, 1.165) is 22.6 Å². The molecule has 0 radical (unpaired) electrons. The third-order valence-electron chi connectivity index (χ3n) is 3.91. The number of nitrogens with zero attached hydrogens (tertiary/aromatic N) is 4. The zero-order valence-electron chi connectivity index (χ0n) is 12.9. The van der Waals surface area contributed by atoms with Crippen LogP contribution in [0.15, 0.2) is 60.9 Å². The lowest BCUT2D eigenvalue weighted by Crippen LogP contribution is -2.03. The van der Waals surface area contributed by atoms with Gasteiger partial charge in [0.2, 0.25) is 0 Å². The molecule has 0 saturated heterocycles. The molecule has 0 atom stereocenters. The number of hydrogen-bond donors (Lipinski definition) is 2. The lowest BCUT2D eigenvalue weighted by Gasteiger charge is -2.09. The predicted molar refractivity (Wildman–Crippen MR) is 95.1 cm³/mol. The molecule has 0 unspecified atom stereocenters. The van der Waals surface area contributed by atoms with Crippen LogP contribution in [-0.4, -0.2) is 19.5 Å². The lowest BCUT2D eigenvalue weighted by molar-refractivity contribution is 0.823. The fraction of sp³-hybridized carbons (Fsp3) is 0.0556. The molecule has 4 N–H and O–H groups in total. The van der Waals surface area contributed by atoms with Gasteiger partial charge in [0.15, 0.2) is 17.0 Å². The van der Waals surface area contributed by atoms with Crippen LogP contribution in [0, 0.1) is 0 Å². The van der Waals surface area contributed by atoms with Crippen molar-refractivity contribution in [3.8, 4) is 11.4 Å². The highest BCUT2D eigenvalue weighted by molar-refractivity contribution is 5.85. The first-order chi connectivity index (χ1) is 11.7. The van der Waals surface area contributed by atoms with Crippen LogP contribution in [0.4, 0.5) is 11.5 Å². The van der Waals surface area contributed by atoms with Crippen LogP contribution in [0.5, 0.6) is 0 Å². The van der Waals surface area contributed by atoms with E-state index in [1.165, 1.54) is 6.33 Å². The third-order valence-corrected chi connectivity index (χ3v) is 3.91. The van der Waals surface area contributed by atoms with E-state index < -0.39 is 0 Å². The van der Waals surface area contributed by atoms with Crippen LogP contribution >= 0.6 is 0 Å². The normalized spacial score (nSPS) is 11.0. The van der Waals surface area contributed by atoms with E-state index in [2.05, 4.69) is 27.1 Å². The summed E-state index contributed by atoms with van der Waals surface area (Å²) in [7, 11) is 0. The maximum absolute atomic E-state index is 5.99. The van der Waals surface area contributed by atoms with Crippen LogP contribution in [-0.2, 0) is 6.54 Å². The van der Waals surface area contributed by atoms with E-state index >= 15 is 0 Å². The van der Waals surface area contributed by atoms with Crippen LogP contribution in [0.25, 0.3) is 22.6 Å². The van der Waals surface area contributed by atoms with Gasteiger partial charge in [0.25, 0.3) is 0 Å². The molecule has 4 aromatic rings. The average Bonchev–Trinajstić information content (AvgIpc) is 2.97. The van der Waals surface area contributed by atoms with Crippen molar-refractivity contribution in [2.24, 2.45) is 0 Å². The second kappa shape index (κ2) is 5.66. The van der Waals surface area contributed by atoms with Crippen LogP contribution in [0.3, 0.4) is 0 Å². The standard InChI is InChI=1S/C18H16N6/c19-14-8-6-13(7-9-14)17-23-15-16(20)21-11-22-18(15)24(17)10-12-4-2-1-3-5-12/h1-9,11H,10,19H2,(H2,20,21,22). The Balaban J connectivity index is 1.93. The van der Waals surface area contributed by atoms with Crippen molar-refractivity contribution in [1.82, 2.24) is 19.5 Å². The van der Waals surface area contributed by atoms with Crippen molar-refractivity contribution in [2.75, 3.05) is 11.5 Å². The summed E-state index contributed by atoms with van der Waals surface area (Å²) in [6.07, 6.45) is 1.47. The second-order valence-corrected chi connectivity index (χ2v) is 5.56. The summed E-state index contributed by atoms with van der Waals surface area (Å²) in [6.45, 7) is 0.646. The number of hydrogen-bond acceptors (Lipinski definition) is 5. The van der Waals surface area contributed by atoms with Crippen LogP contribution in [0.2, 0.25) is 0 Å². The first kappa shape index (κ1) is 14.2. The van der Waals surface area contributed by atoms with Gasteiger partial charge in [-0.25, -0.2) is 15.0 Å². The number of fused-ring (bicyclic) bond motifs is 1. The number of imidazole rings is 1. The van der Waals surface area contributed by atoms with Gasteiger partial charge in [-0.2, -0.15) is 0 Å². The second-order valence-electron chi connectivity index (χ2n) is 5.56.